The van der Waals surface area contributed by atoms with Gasteiger partial charge < -0.3 is 9.47 Å². The van der Waals surface area contributed by atoms with Crippen LogP contribution in [0, 0.1) is 0 Å². The molecule has 0 aromatic heterocycles. The fourth-order valence-electron chi connectivity index (χ4n) is 4.06. The molecule has 1 aromatic rings. The highest BCUT2D eigenvalue weighted by Gasteiger charge is 2.08. The van der Waals surface area contributed by atoms with E-state index in [0.29, 0.717) is 13.2 Å². The molecule has 2 nitrogen and oxygen atoms in total. The van der Waals surface area contributed by atoms with Crippen molar-refractivity contribution in [3.63, 3.8) is 0 Å². The predicted molar refractivity (Wildman–Crippen MR) is 144 cm³/mol. The number of hydrogen-bond acceptors (Lipinski definition) is 2. The molecule has 0 unspecified atom stereocenters. The van der Waals surface area contributed by atoms with Crippen molar-refractivity contribution in [2.45, 2.75) is 103 Å². The summed E-state index contributed by atoms with van der Waals surface area (Å²) in [6.45, 7) is 4.29. The molecule has 2 rings (SSSR count). The molecule has 0 radical (unpaired) electrons. The number of hydrogen-bond donors (Lipinski definition) is 0. The van der Waals surface area contributed by atoms with Gasteiger partial charge in [0.05, 0.1) is 6.61 Å². The number of rotatable bonds is 18. The molecule has 3 heteroatoms. The van der Waals surface area contributed by atoms with Crippen LogP contribution in [0.5, 0.6) is 5.75 Å². The third-order valence-corrected chi connectivity index (χ3v) is 6.44. The average molecular weight is 473 g/mol. The smallest absolute Gasteiger partial charge is 0.127 e. The summed E-state index contributed by atoms with van der Waals surface area (Å²) in [6.07, 6.45) is 27.5. The highest BCUT2D eigenvalue weighted by atomic mass is 35.5. The first-order chi connectivity index (χ1) is 16.3. The van der Waals surface area contributed by atoms with Gasteiger partial charge in [0, 0.05) is 23.3 Å². The van der Waals surface area contributed by atoms with Gasteiger partial charge in [-0.15, -0.1) is 0 Å². The van der Waals surface area contributed by atoms with E-state index in [1.165, 1.54) is 89.0 Å². The van der Waals surface area contributed by atoms with Gasteiger partial charge in [-0.3, -0.25) is 0 Å². The molecular formula is C30H45ClO2. The zero-order valence-corrected chi connectivity index (χ0v) is 21.6. The van der Waals surface area contributed by atoms with E-state index >= 15 is 0 Å². The lowest BCUT2D eigenvalue weighted by Gasteiger charge is -2.09. The minimum Gasteiger partial charge on any atom is -0.488 e. The van der Waals surface area contributed by atoms with Gasteiger partial charge >= 0.3 is 0 Å². The van der Waals surface area contributed by atoms with Crippen LogP contribution in [0.3, 0.4) is 0 Å². The third kappa shape index (κ3) is 13.1. The number of benzene rings is 1. The maximum atomic E-state index is 5.90. The monoisotopic (exact) mass is 472 g/mol. The van der Waals surface area contributed by atoms with Gasteiger partial charge in [-0.05, 0) is 49.8 Å². The van der Waals surface area contributed by atoms with Crippen molar-refractivity contribution in [2.75, 3.05) is 13.2 Å². The standard InChI is InChI=1S/C30H45ClO2/c1-2-3-4-5-6-7-8-9-10-11-12-13-14-15-16-17-22-32-25-27-19-21-30-29(23-27)20-18-28(24-31)26-33-30/h9-10,18-21,23-24H,2-8,11-17,22,25-26H2,1H3/b10-9-,28-24+. The van der Waals surface area contributed by atoms with E-state index in [2.05, 4.69) is 37.3 Å². The summed E-state index contributed by atoms with van der Waals surface area (Å²) in [7, 11) is 0. The molecule has 0 N–H and O–H groups in total. The number of allylic oxidation sites excluding steroid dienone is 2. The van der Waals surface area contributed by atoms with Crippen LogP contribution in [0.4, 0.5) is 0 Å². The van der Waals surface area contributed by atoms with Crippen molar-refractivity contribution >= 4 is 17.7 Å². The van der Waals surface area contributed by atoms with E-state index in [-0.39, 0.29) is 0 Å². The van der Waals surface area contributed by atoms with Crippen molar-refractivity contribution in [3.05, 3.63) is 58.7 Å². The van der Waals surface area contributed by atoms with Crippen LogP contribution in [-0.4, -0.2) is 13.2 Å². The summed E-state index contributed by atoms with van der Waals surface area (Å²) in [5.74, 6) is 0.900. The molecule has 0 amide bonds. The van der Waals surface area contributed by atoms with Gasteiger partial charge in [-0.2, -0.15) is 0 Å². The second kappa shape index (κ2) is 18.9. The Balaban J connectivity index is 1.41. The lowest BCUT2D eigenvalue weighted by molar-refractivity contribution is 0.116. The fourth-order valence-corrected chi connectivity index (χ4v) is 4.20. The SMILES string of the molecule is CCCCCCCC/C=C\CCCCCCCCOCc1ccc2c(c1)C=C/C(=C\Cl)CO2. The third-order valence-electron chi connectivity index (χ3n) is 6.15. The van der Waals surface area contributed by atoms with Gasteiger partial charge in [-0.25, -0.2) is 0 Å². The van der Waals surface area contributed by atoms with Gasteiger partial charge in [0.15, 0.2) is 0 Å². The Hall–Kier alpha value is -1.51. The molecule has 0 atom stereocenters. The summed E-state index contributed by atoms with van der Waals surface area (Å²) in [5.41, 5.74) is 4.82. The Morgan fingerprint density at radius 1 is 0.848 bits per heavy atom. The summed E-state index contributed by atoms with van der Waals surface area (Å²) in [5, 5.41) is 0. The minimum absolute atomic E-state index is 0.513. The first-order valence-electron chi connectivity index (χ1n) is 13.3. The number of halogens is 1. The van der Waals surface area contributed by atoms with Crippen LogP contribution in [0.25, 0.3) is 6.08 Å². The molecule has 1 aliphatic rings. The van der Waals surface area contributed by atoms with Crippen molar-refractivity contribution in [1.29, 1.82) is 0 Å². The molecule has 0 saturated carbocycles. The highest BCUT2D eigenvalue weighted by Crippen LogP contribution is 2.26. The molecule has 0 fully saturated rings. The Kier molecular flexibility index (Phi) is 15.9. The largest absolute Gasteiger partial charge is 0.488 e. The van der Waals surface area contributed by atoms with Crippen LogP contribution in [-0.2, 0) is 11.3 Å². The molecule has 1 aromatic carbocycles. The van der Waals surface area contributed by atoms with Gasteiger partial charge in [0.25, 0.3) is 0 Å². The molecule has 0 bridgehead atoms. The topological polar surface area (TPSA) is 18.5 Å². The average Bonchev–Trinajstić information content (AvgIpc) is 3.05. The zero-order valence-electron chi connectivity index (χ0n) is 20.8. The van der Waals surface area contributed by atoms with Crippen LogP contribution >= 0.6 is 11.6 Å². The maximum absolute atomic E-state index is 5.90. The molecule has 1 aliphatic heterocycles. The molecule has 184 valence electrons. The Bertz CT molecular complexity index is 720. The van der Waals surface area contributed by atoms with E-state index in [1.54, 1.807) is 5.54 Å². The lowest BCUT2D eigenvalue weighted by Crippen LogP contribution is -1.99. The highest BCUT2D eigenvalue weighted by molar-refractivity contribution is 6.25. The Morgan fingerprint density at radius 3 is 2.21 bits per heavy atom. The summed E-state index contributed by atoms with van der Waals surface area (Å²) in [6, 6.07) is 6.26. The number of ether oxygens (including phenoxy) is 2. The molecule has 0 spiro atoms. The van der Waals surface area contributed by atoms with Crippen molar-refractivity contribution in [2.24, 2.45) is 0 Å². The molecular weight excluding hydrogens is 428 g/mol. The summed E-state index contributed by atoms with van der Waals surface area (Å²) in [4.78, 5) is 0. The minimum atomic E-state index is 0.513. The van der Waals surface area contributed by atoms with Gasteiger partial charge in [0.1, 0.15) is 12.4 Å². The quantitative estimate of drug-likeness (QED) is 0.156. The predicted octanol–water partition coefficient (Wildman–Crippen LogP) is 9.77. The van der Waals surface area contributed by atoms with Gasteiger partial charge in [-0.1, -0.05) is 107 Å². The molecule has 0 aliphatic carbocycles. The van der Waals surface area contributed by atoms with Crippen LogP contribution in [0.15, 0.2) is 47.5 Å². The fraction of sp³-hybridized carbons (Fsp3) is 0.600. The lowest BCUT2D eigenvalue weighted by atomic mass is 10.1. The second-order valence-corrected chi connectivity index (χ2v) is 9.39. The van der Waals surface area contributed by atoms with Crippen molar-refractivity contribution < 1.29 is 9.47 Å². The maximum Gasteiger partial charge on any atom is 0.127 e. The first-order valence-corrected chi connectivity index (χ1v) is 13.7. The normalized spacial score (nSPS) is 14.5. The number of unbranched alkanes of at least 4 members (excludes halogenated alkanes) is 12. The first kappa shape index (κ1) is 27.7. The van der Waals surface area contributed by atoms with Crippen molar-refractivity contribution in [3.8, 4) is 5.75 Å². The van der Waals surface area contributed by atoms with E-state index in [9.17, 15) is 0 Å². The second-order valence-electron chi connectivity index (χ2n) is 9.17. The van der Waals surface area contributed by atoms with E-state index < -0.39 is 0 Å². The summed E-state index contributed by atoms with van der Waals surface area (Å²) >= 11 is 5.80. The molecule has 0 saturated heterocycles. The Labute approximate surface area is 208 Å². The van der Waals surface area contributed by atoms with E-state index in [0.717, 1.165) is 29.9 Å². The van der Waals surface area contributed by atoms with Crippen molar-refractivity contribution in [1.82, 2.24) is 0 Å². The van der Waals surface area contributed by atoms with Crippen LogP contribution in [0.1, 0.15) is 108 Å². The molecule has 1 heterocycles. The van der Waals surface area contributed by atoms with Crippen LogP contribution < -0.4 is 4.74 Å². The molecule has 33 heavy (non-hydrogen) atoms. The number of fused-ring (bicyclic) bond motifs is 1. The van der Waals surface area contributed by atoms with E-state index in [1.807, 2.05) is 12.1 Å². The van der Waals surface area contributed by atoms with Crippen LogP contribution in [0.2, 0.25) is 0 Å². The Morgan fingerprint density at radius 2 is 1.52 bits per heavy atom. The zero-order chi connectivity index (χ0) is 23.4. The van der Waals surface area contributed by atoms with Gasteiger partial charge in [0.2, 0.25) is 0 Å². The van der Waals surface area contributed by atoms with E-state index in [4.69, 9.17) is 21.1 Å². The summed E-state index contributed by atoms with van der Waals surface area (Å²) < 4.78 is 11.7.